The van der Waals surface area contributed by atoms with Crippen molar-refractivity contribution in [2.45, 2.75) is 59.5 Å². The maximum absolute atomic E-state index is 5.09. The molecule has 3 heteroatoms. The van der Waals surface area contributed by atoms with Gasteiger partial charge in [-0.1, -0.05) is 29.8 Å². The lowest BCUT2D eigenvalue weighted by Gasteiger charge is -2.28. The molecular formula is C24H31N3. The zero-order chi connectivity index (χ0) is 19.0. The first kappa shape index (κ1) is 18.2. The van der Waals surface area contributed by atoms with Crippen LogP contribution in [0, 0.1) is 26.7 Å². The van der Waals surface area contributed by atoms with Crippen molar-refractivity contribution in [2.75, 3.05) is 6.54 Å². The summed E-state index contributed by atoms with van der Waals surface area (Å²) in [4.78, 5) is 5.09. The molecule has 1 fully saturated rings. The quantitative estimate of drug-likeness (QED) is 0.713. The minimum absolute atomic E-state index is 0.614. The van der Waals surface area contributed by atoms with Crippen LogP contribution in [0.5, 0.6) is 0 Å². The number of aromatic nitrogens is 2. The molecule has 0 bridgehead atoms. The fourth-order valence-electron chi connectivity index (χ4n) is 4.32. The summed E-state index contributed by atoms with van der Waals surface area (Å²) in [5.74, 6) is 1.96. The van der Waals surface area contributed by atoms with Crippen LogP contribution in [-0.4, -0.2) is 22.1 Å². The minimum atomic E-state index is 0.614. The van der Waals surface area contributed by atoms with Gasteiger partial charge in [-0.2, -0.15) is 0 Å². The average Bonchev–Trinajstić information content (AvgIpc) is 2.94. The fraction of sp³-hybridized carbons (Fsp3) is 0.458. The topological polar surface area (TPSA) is 29.9 Å². The normalized spacial score (nSPS) is 20.3. The summed E-state index contributed by atoms with van der Waals surface area (Å²) < 4.78 is 2.46. The highest BCUT2D eigenvalue weighted by molar-refractivity contribution is 5.78. The van der Waals surface area contributed by atoms with E-state index in [0.29, 0.717) is 6.04 Å². The fourth-order valence-corrected chi connectivity index (χ4v) is 4.32. The van der Waals surface area contributed by atoms with E-state index in [9.17, 15) is 0 Å². The molecule has 1 saturated heterocycles. The van der Waals surface area contributed by atoms with E-state index in [-0.39, 0.29) is 0 Å². The van der Waals surface area contributed by atoms with Crippen molar-refractivity contribution in [3.8, 4) is 0 Å². The highest BCUT2D eigenvalue weighted by Crippen LogP contribution is 2.26. The van der Waals surface area contributed by atoms with Crippen molar-refractivity contribution < 1.29 is 0 Å². The van der Waals surface area contributed by atoms with Crippen LogP contribution in [0.1, 0.15) is 47.8 Å². The van der Waals surface area contributed by atoms with Gasteiger partial charge in [-0.05, 0) is 81.8 Å². The van der Waals surface area contributed by atoms with Gasteiger partial charge in [-0.15, -0.1) is 0 Å². The molecule has 0 spiro atoms. The van der Waals surface area contributed by atoms with Gasteiger partial charge in [0, 0.05) is 19.0 Å². The molecule has 0 aliphatic carbocycles. The molecule has 2 atom stereocenters. The molecule has 4 rings (SSSR count). The number of hydrogen-bond acceptors (Lipinski definition) is 2. The maximum atomic E-state index is 5.09. The Morgan fingerprint density at radius 3 is 2.56 bits per heavy atom. The van der Waals surface area contributed by atoms with Gasteiger partial charge >= 0.3 is 0 Å². The van der Waals surface area contributed by atoms with Gasteiger partial charge in [0.25, 0.3) is 0 Å². The van der Waals surface area contributed by atoms with Gasteiger partial charge in [-0.25, -0.2) is 4.98 Å². The number of hydrogen-bond donors (Lipinski definition) is 1. The highest BCUT2D eigenvalue weighted by Gasteiger charge is 2.22. The lowest BCUT2D eigenvalue weighted by Crippen LogP contribution is -2.36. The lowest BCUT2D eigenvalue weighted by atomic mass is 9.90. The van der Waals surface area contributed by atoms with Crippen molar-refractivity contribution in [3.05, 3.63) is 64.5 Å². The Kier molecular flexibility index (Phi) is 5.05. The molecule has 3 aromatic rings. The number of nitrogens with zero attached hydrogens (tertiary/aromatic N) is 2. The van der Waals surface area contributed by atoms with Crippen molar-refractivity contribution in [2.24, 2.45) is 5.92 Å². The maximum Gasteiger partial charge on any atom is 0.110 e. The SMILES string of the molecule is Cc1ccc(Cn2c(CC3CCNC(C)C3)nc3cc(C)c(C)cc32)cc1. The van der Waals surface area contributed by atoms with Gasteiger partial charge in [0.15, 0.2) is 0 Å². The summed E-state index contributed by atoms with van der Waals surface area (Å²) in [7, 11) is 0. The molecule has 2 heterocycles. The van der Waals surface area contributed by atoms with E-state index >= 15 is 0 Å². The number of aryl methyl sites for hydroxylation is 3. The predicted molar refractivity (Wildman–Crippen MR) is 113 cm³/mol. The zero-order valence-corrected chi connectivity index (χ0v) is 17.0. The van der Waals surface area contributed by atoms with Gasteiger partial charge < -0.3 is 9.88 Å². The molecule has 0 saturated carbocycles. The summed E-state index contributed by atoms with van der Waals surface area (Å²) >= 11 is 0. The number of piperidine rings is 1. The van der Waals surface area contributed by atoms with E-state index in [2.05, 4.69) is 74.0 Å². The number of rotatable bonds is 4. The molecule has 1 aromatic heterocycles. The summed E-state index contributed by atoms with van der Waals surface area (Å²) in [6, 6.07) is 14.1. The standard InChI is InChI=1S/C24H31N3/c1-16-5-7-20(8-6-16)15-27-23-12-18(3)17(2)11-22(23)26-24(27)14-21-9-10-25-19(4)13-21/h5-8,11-12,19,21,25H,9-10,13-15H2,1-4H3. The summed E-state index contributed by atoms with van der Waals surface area (Å²) in [5, 5.41) is 3.57. The second-order valence-electron chi connectivity index (χ2n) is 8.47. The molecule has 2 unspecified atom stereocenters. The van der Waals surface area contributed by atoms with Crippen LogP contribution < -0.4 is 5.32 Å². The van der Waals surface area contributed by atoms with E-state index in [0.717, 1.165) is 30.9 Å². The minimum Gasteiger partial charge on any atom is -0.323 e. The molecule has 2 aromatic carbocycles. The van der Waals surface area contributed by atoms with E-state index in [1.807, 2.05) is 0 Å². The molecule has 142 valence electrons. The predicted octanol–water partition coefficient (Wildman–Crippen LogP) is 4.94. The van der Waals surface area contributed by atoms with Crippen LogP contribution in [0.2, 0.25) is 0 Å². The first-order chi connectivity index (χ1) is 13.0. The van der Waals surface area contributed by atoms with Crippen LogP contribution in [0.15, 0.2) is 36.4 Å². The second kappa shape index (κ2) is 7.47. The Balaban J connectivity index is 1.72. The van der Waals surface area contributed by atoms with Gasteiger partial charge in [0.2, 0.25) is 0 Å². The third-order valence-corrected chi connectivity index (χ3v) is 6.11. The summed E-state index contributed by atoms with van der Waals surface area (Å²) in [5.41, 5.74) is 7.74. The van der Waals surface area contributed by atoms with E-state index in [4.69, 9.17) is 4.98 Å². The third-order valence-electron chi connectivity index (χ3n) is 6.11. The molecule has 0 amide bonds. The Hall–Kier alpha value is -2.13. The average molecular weight is 362 g/mol. The lowest BCUT2D eigenvalue weighted by molar-refractivity contribution is 0.308. The number of benzene rings is 2. The molecule has 1 N–H and O–H groups in total. The molecule has 0 radical (unpaired) electrons. The zero-order valence-electron chi connectivity index (χ0n) is 17.0. The smallest absolute Gasteiger partial charge is 0.110 e. The number of imidazole rings is 1. The molecular weight excluding hydrogens is 330 g/mol. The number of fused-ring (bicyclic) bond motifs is 1. The van der Waals surface area contributed by atoms with Crippen LogP contribution in [0.25, 0.3) is 11.0 Å². The molecule has 1 aliphatic rings. The molecule has 3 nitrogen and oxygen atoms in total. The Labute approximate surface area is 162 Å². The van der Waals surface area contributed by atoms with Crippen molar-refractivity contribution in [1.82, 2.24) is 14.9 Å². The van der Waals surface area contributed by atoms with Crippen LogP contribution >= 0.6 is 0 Å². The number of nitrogens with one attached hydrogen (secondary N) is 1. The Bertz CT molecular complexity index is 936. The van der Waals surface area contributed by atoms with E-state index in [1.165, 1.54) is 46.4 Å². The summed E-state index contributed by atoms with van der Waals surface area (Å²) in [6.45, 7) is 10.9. The van der Waals surface area contributed by atoms with Gasteiger partial charge in [0.1, 0.15) is 5.82 Å². The first-order valence-corrected chi connectivity index (χ1v) is 10.2. The largest absolute Gasteiger partial charge is 0.323 e. The van der Waals surface area contributed by atoms with Crippen LogP contribution in [0.3, 0.4) is 0 Å². The highest BCUT2D eigenvalue weighted by atomic mass is 15.1. The Morgan fingerprint density at radius 2 is 1.81 bits per heavy atom. The van der Waals surface area contributed by atoms with E-state index < -0.39 is 0 Å². The first-order valence-electron chi connectivity index (χ1n) is 10.2. The molecule has 1 aliphatic heterocycles. The van der Waals surface area contributed by atoms with Crippen molar-refractivity contribution in [1.29, 1.82) is 0 Å². The summed E-state index contributed by atoms with van der Waals surface area (Å²) in [6.07, 6.45) is 3.56. The third kappa shape index (κ3) is 3.93. The Morgan fingerprint density at radius 1 is 1.07 bits per heavy atom. The van der Waals surface area contributed by atoms with Gasteiger partial charge in [0.05, 0.1) is 11.0 Å². The van der Waals surface area contributed by atoms with Crippen LogP contribution in [0.4, 0.5) is 0 Å². The molecule has 27 heavy (non-hydrogen) atoms. The van der Waals surface area contributed by atoms with Crippen molar-refractivity contribution in [3.63, 3.8) is 0 Å². The van der Waals surface area contributed by atoms with E-state index in [1.54, 1.807) is 0 Å². The van der Waals surface area contributed by atoms with Crippen LogP contribution in [-0.2, 0) is 13.0 Å². The van der Waals surface area contributed by atoms with Crippen molar-refractivity contribution >= 4 is 11.0 Å². The monoisotopic (exact) mass is 361 g/mol. The second-order valence-corrected chi connectivity index (χ2v) is 8.47. The van der Waals surface area contributed by atoms with Gasteiger partial charge in [-0.3, -0.25) is 0 Å².